The summed E-state index contributed by atoms with van der Waals surface area (Å²) < 4.78 is 22.8. The van der Waals surface area contributed by atoms with Crippen LogP contribution in [0.3, 0.4) is 0 Å². The number of thiophene rings is 1. The van der Waals surface area contributed by atoms with Crippen molar-refractivity contribution in [3.05, 3.63) is 39.6 Å². The summed E-state index contributed by atoms with van der Waals surface area (Å²) in [7, 11) is 3.24. The zero-order valence-electron chi connectivity index (χ0n) is 18.9. The number of fused-ring (bicyclic) bond motifs is 1. The third-order valence-corrected chi connectivity index (χ3v) is 6.61. The van der Waals surface area contributed by atoms with E-state index in [0.29, 0.717) is 30.6 Å². The van der Waals surface area contributed by atoms with Crippen LogP contribution < -0.4 is 14.2 Å². The largest absolute Gasteiger partial charge is 0.497 e. The molecule has 1 aromatic carbocycles. The van der Waals surface area contributed by atoms with Gasteiger partial charge in [0, 0.05) is 28.5 Å². The highest BCUT2D eigenvalue weighted by Gasteiger charge is 2.36. The molecule has 1 amide bonds. The summed E-state index contributed by atoms with van der Waals surface area (Å²) in [4.78, 5) is 16.2. The zero-order chi connectivity index (χ0) is 22.2. The fraction of sp³-hybridized carbons (Fsp3) is 0.542. The summed E-state index contributed by atoms with van der Waals surface area (Å²) in [5.74, 6) is 3.09. The lowest BCUT2D eigenvalue weighted by Crippen LogP contribution is -2.47. The normalized spacial score (nSPS) is 18.0. The second-order valence-corrected chi connectivity index (χ2v) is 10.1. The molecule has 6 nitrogen and oxygen atoms in total. The van der Waals surface area contributed by atoms with Crippen LogP contribution in [0.25, 0.3) is 0 Å². The summed E-state index contributed by atoms with van der Waals surface area (Å²) in [5, 5.41) is 2.23. The molecule has 0 N–H and O–H groups in total. The molecule has 1 fully saturated rings. The van der Waals surface area contributed by atoms with Gasteiger partial charge in [0.2, 0.25) is 0 Å². The van der Waals surface area contributed by atoms with Crippen molar-refractivity contribution in [2.45, 2.75) is 64.1 Å². The molecular formula is C24H31NO5S. The van der Waals surface area contributed by atoms with Crippen LogP contribution in [-0.2, 0) is 17.7 Å². The SMILES string of the molecule is COc1ccc(CN(C(=O)OC(C)(C)C)C2COc3c(C4CC4)csc3C2)c(OC)c1. The number of hydrogen-bond donors (Lipinski definition) is 0. The fourth-order valence-corrected chi connectivity index (χ4v) is 5.01. The average molecular weight is 446 g/mol. The predicted molar refractivity (Wildman–Crippen MR) is 121 cm³/mol. The van der Waals surface area contributed by atoms with Gasteiger partial charge in [-0.25, -0.2) is 4.79 Å². The van der Waals surface area contributed by atoms with E-state index in [4.69, 9.17) is 18.9 Å². The van der Waals surface area contributed by atoms with Gasteiger partial charge < -0.3 is 18.9 Å². The van der Waals surface area contributed by atoms with Gasteiger partial charge in [-0.3, -0.25) is 4.90 Å². The quantitative estimate of drug-likeness (QED) is 0.597. The van der Waals surface area contributed by atoms with Crippen LogP contribution in [0.5, 0.6) is 17.2 Å². The molecule has 1 aliphatic carbocycles. The van der Waals surface area contributed by atoms with E-state index in [1.54, 1.807) is 30.5 Å². The van der Waals surface area contributed by atoms with Gasteiger partial charge in [0.25, 0.3) is 0 Å². The monoisotopic (exact) mass is 445 g/mol. The molecule has 7 heteroatoms. The highest BCUT2D eigenvalue weighted by molar-refractivity contribution is 7.10. The predicted octanol–water partition coefficient (Wildman–Crippen LogP) is 5.38. The number of hydrogen-bond acceptors (Lipinski definition) is 6. The van der Waals surface area contributed by atoms with Gasteiger partial charge in [0.15, 0.2) is 0 Å². The minimum Gasteiger partial charge on any atom is -0.497 e. The van der Waals surface area contributed by atoms with E-state index in [-0.39, 0.29) is 12.1 Å². The Morgan fingerprint density at radius 3 is 2.65 bits per heavy atom. The number of carbonyl (C=O) groups is 1. The number of amides is 1. The second kappa shape index (κ2) is 8.61. The van der Waals surface area contributed by atoms with Crippen LogP contribution in [0.2, 0.25) is 0 Å². The van der Waals surface area contributed by atoms with Crippen LogP contribution in [0.1, 0.15) is 55.5 Å². The van der Waals surface area contributed by atoms with Crippen LogP contribution in [0.4, 0.5) is 4.79 Å². The lowest BCUT2D eigenvalue weighted by atomic mass is 10.0. The number of carbonyl (C=O) groups excluding carboxylic acids is 1. The van der Waals surface area contributed by atoms with Gasteiger partial charge in [-0.15, -0.1) is 11.3 Å². The van der Waals surface area contributed by atoms with Gasteiger partial charge in [0.1, 0.15) is 29.5 Å². The van der Waals surface area contributed by atoms with Crippen molar-refractivity contribution in [1.82, 2.24) is 4.90 Å². The van der Waals surface area contributed by atoms with Gasteiger partial charge in [-0.2, -0.15) is 0 Å². The van der Waals surface area contributed by atoms with Crippen molar-refractivity contribution in [3.63, 3.8) is 0 Å². The minimum absolute atomic E-state index is 0.111. The smallest absolute Gasteiger partial charge is 0.410 e. The molecule has 0 saturated heterocycles. The lowest BCUT2D eigenvalue weighted by Gasteiger charge is -2.36. The minimum atomic E-state index is -0.581. The maximum atomic E-state index is 13.2. The average Bonchev–Trinajstić information content (AvgIpc) is 3.49. The number of benzene rings is 1. The lowest BCUT2D eigenvalue weighted by molar-refractivity contribution is 0.00657. The highest BCUT2D eigenvalue weighted by atomic mass is 32.1. The van der Waals surface area contributed by atoms with Crippen LogP contribution in [-0.4, -0.2) is 43.5 Å². The standard InChI is InChI=1S/C24H31NO5S/c1-24(2,3)30-23(26)25(12-16-8-9-18(27-4)11-20(16)28-5)17-10-21-22(29-13-17)19(14-31-21)15-6-7-15/h8-9,11,14-15,17H,6-7,10,12-13H2,1-5H3. The van der Waals surface area contributed by atoms with Crippen molar-refractivity contribution in [2.75, 3.05) is 20.8 Å². The number of ether oxygens (including phenoxy) is 4. The maximum absolute atomic E-state index is 13.2. The molecule has 1 saturated carbocycles. The molecule has 0 radical (unpaired) electrons. The maximum Gasteiger partial charge on any atom is 0.410 e. The third kappa shape index (κ3) is 4.92. The molecule has 2 aromatic rings. The fourth-order valence-electron chi connectivity index (χ4n) is 3.87. The summed E-state index contributed by atoms with van der Waals surface area (Å²) in [6.45, 7) is 6.47. The Bertz CT molecular complexity index is 944. The molecule has 168 valence electrons. The summed E-state index contributed by atoms with van der Waals surface area (Å²) in [6.07, 6.45) is 2.92. The first-order valence-electron chi connectivity index (χ1n) is 10.7. The Morgan fingerprint density at radius 1 is 1.23 bits per heavy atom. The first-order valence-corrected chi connectivity index (χ1v) is 11.6. The molecule has 2 heterocycles. The van der Waals surface area contributed by atoms with Crippen molar-refractivity contribution in [2.24, 2.45) is 0 Å². The molecule has 1 unspecified atom stereocenters. The Hall–Kier alpha value is -2.41. The van der Waals surface area contributed by atoms with Crippen LogP contribution in [0.15, 0.2) is 23.6 Å². The van der Waals surface area contributed by atoms with E-state index in [9.17, 15) is 4.79 Å². The van der Waals surface area contributed by atoms with E-state index in [1.807, 2.05) is 39.0 Å². The Kier molecular flexibility index (Phi) is 6.06. The first-order chi connectivity index (χ1) is 14.8. The molecular weight excluding hydrogens is 414 g/mol. The van der Waals surface area contributed by atoms with Crippen molar-refractivity contribution in [1.29, 1.82) is 0 Å². The van der Waals surface area contributed by atoms with Crippen LogP contribution in [0, 0.1) is 0 Å². The molecule has 31 heavy (non-hydrogen) atoms. The van der Waals surface area contributed by atoms with Gasteiger partial charge in [0.05, 0.1) is 26.8 Å². The van der Waals surface area contributed by atoms with E-state index < -0.39 is 5.60 Å². The van der Waals surface area contributed by atoms with Crippen molar-refractivity contribution in [3.8, 4) is 17.2 Å². The van der Waals surface area contributed by atoms with E-state index in [2.05, 4.69) is 5.38 Å². The summed E-state index contributed by atoms with van der Waals surface area (Å²) in [5.41, 5.74) is 1.66. The molecule has 0 bridgehead atoms. The van der Waals surface area contributed by atoms with Gasteiger partial charge in [-0.05, 0) is 57.0 Å². The molecule has 2 aliphatic rings. The summed E-state index contributed by atoms with van der Waals surface area (Å²) in [6, 6.07) is 5.53. The molecule has 0 spiro atoms. The van der Waals surface area contributed by atoms with Gasteiger partial charge in [-0.1, -0.05) is 0 Å². The van der Waals surface area contributed by atoms with Gasteiger partial charge >= 0.3 is 6.09 Å². The van der Waals surface area contributed by atoms with Crippen molar-refractivity contribution < 1.29 is 23.7 Å². The second-order valence-electron chi connectivity index (χ2n) is 9.17. The molecule has 4 rings (SSSR count). The van der Waals surface area contributed by atoms with E-state index in [0.717, 1.165) is 17.7 Å². The third-order valence-electron chi connectivity index (χ3n) is 5.61. The first kappa shape index (κ1) is 21.8. The Balaban J connectivity index is 1.59. The molecule has 1 aromatic heterocycles. The molecule has 1 aliphatic heterocycles. The van der Waals surface area contributed by atoms with Crippen LogP contribution >= 0.6 is 11.3 Å². The number of methoxy groups -OCH3 is 2. The zero-order valence-corrected chi connectivity index (χ0v) is 19.7. The topological polar surface area (TPSA) is 57.2 Å². The number of rotatable bonds is 6. The molecule has 1 atom stereocenters. The number of nitrogens with zero attached hydrogens (tertiary/aromatic N) is 1. The van der Waals surface area contributed by atoms with E-state index in [1.165, 1.54) is 23.3 Å². The summed E-state index contributed by atoms with van der Waals surface area (Å²) >= 11 is 1.74. The Labute approximate surface area is 188 Å². The van der Waals surface area contributed by atoms with Crippen molar-refractivity contribution >= 4 is 17.4 Å². The highest BCUT2D eigenvalue weighted by Crippen LogP contribution is 2.49. The Morgan fingerprint density at radius 2 is 2.00 bits per heavy atom. The van der Waals surface area contributed by atoms with E-state index >= 15 is 0 Å².